The second-order valence-corrected chi connectivity index (χ2v) is 3.32. The number of aryl methyl sites for hydroxylation is 1. The van der Waals surface area contributed by atoms with Crippen LogP contribution in [-0.2, 0) is 0 Å². The maximum absolute atomic E-state index is 10.7. The molecule has 0 aliphatic rings. The fourth-order valence-electron chi connectivity index (χ4n) is 1.24. The zero-order chi connectivity index (χ0) is 12.1. The quantitative estimate of drug-likeness (QED) is 0.337. The van der Waals surface area contributed by atoms with Gasteiger partial charge in [-0.3, -0.25) is 10.1 Å². The molecule has 16 heavy (non-hydrogen) atoms. The highest BCUT2D eigenvalue weighted by molar-refractivity contribution is 5.66. The van der Waals surface area contributed by atoms with E-state index in [0.717, 1.165) is 0 Å². The van der Waals surface area contributed by atoms with Gasteiger partial charge in [-0.15, -0.1) is 0 Å². The molecule has 5 nitrogen and oxygen atoms in total. The second-order valence-electron chi connectivity index (χ2n) is 3.32. The summed E-state index contributed by atoms with van der Waals surface area (Å²) in [6, 6.07) is 3.13. The van der Waals surface area contributed by atoms with Crippen LogP contribution in [0.3, 0.4) is 0 Å². The molecule has 0 spiro atoms. The number of hydrogen-bond acceptors (Lipinski definition) is 4. The van der Waals surface area contributed by atoms with Gasteiger partial charge in [-0.05, 0) is 25.6 Å². The third-order valence-corrected chi connectivity index (χ3v) is 2.06. The van der Waals surface area contributed by atoms with Crippen LogP contribution in [0.4, 0.5) is 11.4 Å². The Morgan fingerprint density at radius 3 is 2.81 bits per heavy atom. The smallest absolute Gasteiger partial charge is 0.293 e. The molecule has 0 aliphatic carbocycles. The molecular weight excluding hydrogens is 206 g/mol. The number of hydrogen-bond donors (Lipinski definition) is 2. The van der Waals surface area contributed by atoms with Crippen molar-refractivity contribution in [1.29, 1.82) is 0 Å². The van der Waals surface area contributed by atoms with Crippen LogP contribution < -0.4 is 11.1 Å². The van der Waals surface area contributed by atoms with E-state index in [2.05, 4.69) is 17.2 Å². The Kier molecular flexibility index (Phi) is 3.86. The van der Waals surface area contributed by atoms with Crippen LogP contribution >= 0.6 is 0 Å². The molecule has 0 saturated heterocycles. The standard InChI is InChI=1S/C11H13N3O2/c1-8-6-9(4-3-5-13-2)7-10(11(8)12)14(15)16/h6-7,13H,5,12H2,1-2H3. The topological polar surface area (TPSA) is 81.2 Å². The van der Waals surface area contributed by atoms with Gasteiger partial charge in [-0.1, -0.05) is 11.8 Å². The highest BCUT2D eigenvalue weighted by atomic mass is 16.6. The number of anilines is 1. The number of nitro benzene ring substituents is 1. The molecule has 5 heteroatoms. The average Bonchev–Trinajstić information content (AvgIpc) is 2.23. The molecule has 0 unspecified atom stereocenters. The molecule has 0 saturated carbocycles. The van der Waals surface area contributed by atoms with E-state index in [-0.39, 0.29) is 11.4 Å². The largest absolute Gasteiger partial charge is 0.393 e. The number of nitrogens with one attached hydrogen (secondary N) is 1. The molecule has 3 N–H and O–H groups in total. The van der Waals surface area contributed by atoms with Crippen LogP contribution in [0, 0.1) is 28.9 Å². The van der Waals surface area contributed by atoms with Crippen LogP contribution in [0.5, 0.6) is 0 Å². The molecule has 0 aliphatic heterocycles. The van der Waals surface area contributed by atoms with E-state index in [1.165, 1.54) is 6.07 Å². The van der Waals surface area contributed by atoms with Gasteiger partial charge in [0.2, 0.25) is 0 Å². The predicted octanol–water partition coefficient (Wildman–Crippen LogP) is 1.06. The molecule has 0 heterocycles. The minimum atomic E-state index is -0.494. The first kappa shape index (κ1) is 12.0. The zero-order valence-electron chi connectivity index (χ0n) is 9.20. The lowest BCUT2D eigenvalue weighted by Gasteiger charge is -2.02. The summed E-state index contributed by atoms with van der Waals surface area (Å²) in [6.45, 7) is 2.27. The first-order valence-corrected chi connectivity index (χ1v) is 4.74. The van der Waals surface area contributed by atoms with Crippen LogP contribution in [0.1, 0.15) is 11.1 Å². The number of nitrogens with zero attached hydrogens (tertiary/aromatic N) is 1. The van der Waals surface area contributed by atoms with Gasteiger partial charge in [-0.25, -0.2) is 0 Å². The van der Waals surface area contributed by atoms with Crippen molar-refractivity contribution in [1.82, 2.24) is 5.32 Å². The highest BCUT2D eigenvalue weighted by Crippen LogP contribution is 2.26. The maximum atomic E-state index is 10.7. The van der Waals surface area contributed by atoms with Gasteiger partial charge >= 0.3 is 0 Å². The molecule has 0 fully saturated rings. The maximum Gasteiger partial charge on any atom is 0.293 e. The van der Waals surface area contributed by atoms with Crippen molar-refractivity contribution in [3.63, 3.8) is 0 Å². The fourth-order valence-corrected chi connectivity index (χ4v) is 1.24. The van der Waals surface area contributed by atoms with E-state index in [9.17, 15) is 10.1 Å². The minimum Gasteiger partial charge on any atom is -0.393 e. The Morgan fingerprint density at radius 1 is 1.56 bits per heavy atom. The molecule has 1 aromatic rings. The lowest BCUT2D eigenvalue weighted by atomic mass is 10.1. The Bertz CT molecular complexity index is 472. The van der Waals surface area contributed by atoms with Crippen molar-refractivity contribution < 1.29 is 4.92 Å². The lowest BCUT2D eigenvalue weighted by molar-refractivity contribution is -0.383. The summed E-state index contributed by atoms with van der Waals surface area (Å²) >= 11 is 0. The van der Waals surface area contributed by atoms with E-state index in [0.29, 0.717) is 17.7 Å². The summed E-state index contributed by atoms with van der Waals surface area (Å²) in [5.74, 6) is 5.68. The first-order chi connectivity index (χ1) is 7.56. The van der Waals surface area contributed by atoms with E-state index in [4.69, 9.17) is 5.73 Å². The third-order valence-electron chi connectivity index (χ3n) is 2.06. The monoisotopic (exact) mass is 219 g/mol. The molecule has 0 bridgehead atoms. The van der Waals surface area contributed by atoms with Crippen LogP contribution in [0.15, 0.2) is 12.1 Å². The first-order valence-electron chi connectivity index (χ1n) is 4.74. The van der Waals surface area contributed by atoms with Gasteiger partial charge in [0.05, 0.1) is 11.5 Å². The highest BCUT2D eigenvalue weighted by Gasteiger charge is 2.14. The number of nitrogens with two attached hydrogens (primary N) is 1. The molecular formula is C11H13N3O2. The van der Waals surface area contributed by atoms with E-state index in [1.807, 2.05) is 0 Å². The minimum absolute atomic E-state index is 0.0891. The van der Waals surface area contributed by atoms with Gasteiger partial charge in [0.25, 0.3) is 5.69 Å². The second kappa shape index (κ2) is 5.14. The number of nitrogen functional groups attached to an aromatic ring is 1. The van der Waals surface area contributed by atoms with Crippen molar-refractivity contribution >= 4 is 11.4 Å². The van der Waals surface area contributed by atoms with E-state index < -0.39 is 4.92 Å². The predicted molar refractivity (Wildman–Crippen MR) is 63.1 cm³/mol. The van der Waals surface area contributed by atoms with Crippen molar-refractivity contribution in [3.05, 3.63) is 33.4 Å². The van der Waals surface area contributed by atoms with Crippen molar-refractivity contribution in [2.24, 2.45) is 0 Å². The molecule has 0 radical (unpaired) electrons. The number of rotatable bonds is 2. The summed E-state index contributed by atoms with van der Waals surface area (Å²) in [6.07, 6.45) is 0. The number of nitro groups is 1. The average molecular weight is 219 g/mol. The van der Waals surface area contributed by atoms with Crippen LogP contribution in [0.25, 0.3) is 0 Å². The summed E-state index contributed by atoms with van der Waals surface area (Å²) in [4.78, 5) is 10.2. The van der Waals surface area contributed by atoms with Gasteiger partial charge in [0, 0.05) is 11.6 Å². The van der Waals surface area contributed by atoms with Gasteiger partial charge in [0.15, 0.2) is 0 Å². The summed E-state index contributed by atoms with van der Waals surface area (Å²) in [5.41, 5.74) is 6.99. The van der Waals surface area contributed by atoms with Crippen LogP contribution in [-0.4, -0.2) is 18.5 Å². The zero-order valence-corrected chi connectivity index (χ0v) is 9.20. The van der Waals surface area contributed by atoms with Crippen molar-refractivity contribution in [3.8, 4) is 11.8 Å². The molecule has 0 aromatic heterocycles. The van der Waals surface area contributed by atoms with Crippen molar-refractivity contribution in [2.75, 3.05) is 19.3 Å². The fraction of sp³-hybridized carbons (Fsp3) is 0.273. The summed E-state index contributed by atoms with van der Waals surface area (Å²) in [5, 5.41) is 13.6. The van der Waals surface area contributed by atoms with Gasteiger partial charge in [-0.2, -0.15) is 0 Å². The van der Waals surface area contributed by atoms with Gasteiger partial charge in [0.1, 0.15) is 5.69 Å². The normalized spacial score (nSPS) is 9.38. The van der Waals surface area contributed by atoms with E-state index in [1.54, 1.807) is 20.0 Å². The third kappa shape index (κ3) is 2.72. The lowest BCUT2D eigenvalue weighted by Crippen LogP contribution is -2.04. The summed E-state index contributed by atoms with van der Waals surface area (Å²) in [7, 11) is 1.78. The Hall–Kier alpha value is -2.06. The van der Waals surface area contributed by atoms with Crippen molar-refractivity contribution in [2.45, 2.75) is 6.92 Å². The Balaban J connectivity index is 3.15. The van der Waals surface area contributed by atoms with Crippen LogP contribution in [0.2, 0.25) is 0 Å². The molecule has 84 valence electrons. The Morgan fingerprint density at radius 2 is 2.25 bits per heavy atom. The molecule has 0 amide bonds. The van der Waals surface area contributed by atoms with E-state index >= 15 is 0 Å². The summed E-state index contributed by atoms with van der Waals surface area (Å²) < 4.78 is 0. The Labute approximate surface area is 93.8 Å². The SMILES string of the molecule is CNCC#Cc1cc(C)c(N)c([N+](=O)[O-])c1. The molecule has 1 rings (SSSR count). The molecule has 1 aromatic carbocycles. The number of benzene rings is 1. The van der Waals surface area contributed by atoms with Gasteiger partial charge < -0.3 is 11.1 Å². The molecule has 0 atom stereocenters.